The Morgan fingerprint density at radius 1 is 1.42 bits per heavy atom. The zero-order chi connectivity index (χ0) is 13.8. The number of rotatable bonds is 4. The van der Waals surface area contributed by atoms with Gasteiger partial charge in [0.05, 0.1) is 6.54 Å². The third-order valence-electron chi connectivity index (χ3n) is 2.69. The molecule has 3 nitrogen and oxygen atoms in total. The van der Waals surface area contributed by atoms with Crippen LogP contribution in [-0.2, 0) is 5.41 Å². The van der Waals surface area contributed by atoms with E-state index in [-0.39, 0.29) is 41.3 Å². The lowest BCUT2D eigenvalue weighted by Crippen LogP contribution is -2.38. The van der Waals surface area contributed by atoms with Gasteiger partial charge in [0.15, 0.2) is 5.96 Å². The lowest BCUT2D eigenvalue weighted by atomic mass is 9.85. The van der Waals surface area contributed by atoms with Crippen molar-refractivity contribution >= 4 is 29.9 Å². The minimum absolute atomic E-state index is 0. The summed E-state index contributed by atoms with van der Waals surface area (Å²) in [6, 6.07) is 6.86. The molecule has 1 aromatic rings. The average molecular weight is 379 g/mol. The summed E-state index contributed by atoms with van der Waals surface area (Å²) in [6.45, 7) is 8.56. The van der Waals surface area contributed by atoms with E-state index in [9.17, 15) is 4.39 Å². The molecule has 5 heteroatoms. The highest BCUT2D eigenvalue weighted by atomic mass is 127. The van der Waals surface area contributed by atoms with E-state index in [2.05, 4.69) is 10.3 Å². The Bertz CT molecular complexity index is 430. The molecule has 0 unspecified atom stereocenters. The first-order valence-corrected chi connectivity index (χ1v) is 6.14. The minimum Gasteiger partial charge on any atom is -0.370 e. The van der Waals surface area contributed by atoms with Gasteiger partial charge in [-0.15, -0.1) is 24.0 Å². The molecule has 0 aliphatic carbocycles. The molecule has 0 atom stereocenters. The number of halogens is 2. The van der Waals surface area contributed by atoms with Gasteiger partial charge in [0.25, 0.3) is 0 Å². The van der Waals surface area contributed by atoms with Crippen molar-refractivity contribution in [1.29, 1.82) is 0 Å². The van der Waals surface area contributed by atoms with Crippen molar-refractivity contribution in [2.45, 2.75) is 39.2 Å². The fourth-order valence-electron chi connectivity index (χ4n) is 1.62. The Balaban J connectivity index is 0.00000324. The lowest BCUT2D eigenvalue weighted by Gasteiger charge is -2.23. The van der Waals surface area contributed by atoms with Crippen LogP contribution in [0.1, 0.15) is 33.3 Å². The van der Waals surface area contributed by atoms with Crippen LogP contribution in [0, 0.1) is 5.82 Å². The van der Waals surface area contributed by atoms with E-state index in [0.29, 0.717) is 12.5 Å². The molecule has 0 bridgehead atoms. The van der Waals surface area contributed by atoms with Gasteiger partial charge >= 0.3 is 0 Å². The molecule has 1 aromatic carbocycles. The van der Waals surface area contributed by atoms with Crippen molar-refractivity contribution in [3.63, 3.8) is 0 Å². The van der Waals surface area contributed by atoms with E-state index in [0.717, 1.165) is 5.56 Å². The number of guanidine groups is 1. The summed E-state index contributed by atoms with van der Waals surface area (Å²) < 4.78 is 13.2. The zero-order valence-electron chi connectivity index (χ0n) is 11.9. The summed E-state index contributed by atoms with van der Waals surface area (Å²) in [6.07, 6.45) is 0. The first-order valence-electron chi connectivity index (χ1n) is 6.14. The van der Waals surface area contributed by atoms with Crippen molar-refractivity contribution in [1.82, 2.24) is 5.32 Å². The average Bonchev–Trinajstić information content (AvgIpc) is 2.26. The number of hydrogen-bond donors (Lipinski definition) is 2. The molecular formula is C14H23FIN3. The zero-order valence-corrected chi connectivity index (χ0v) is 14.2. The predicted octanol–water partition coefficient (Wildman–Crippen LogP) is 3.03. The third-order valence-corrected chi connectivity index (χ3v) is 2.69. The number of nitrogens with zero attached hydrogens (tertiary/aromatic N) is 1. The molecule has 0 aliphatic heterocycles. The van der Waals surface area contributed by atoms with Crippen LogP contribution in [0.15, 0.2) is 29.3 Å². The van der Waals surface area contributed by atoms with E-state index in [1.54, 1.807) is 12.1 Å². The highest BCUT2D eigenvalue weighted by Crippen LogP contribution is 2.23. The van der Waals surface area contributed by atoms with Gasteiger partial charge in [-0.05, 0) is 31.5 Å². The highest BCUT2D eigenvalue weighted by molar-refractivity contribution is 14.0. The summed E-state index contributed by atoms with van der Waals surface area (Å²) in [5.74, 6) is 0.201. The van der Waals surface area contributed by atoms with Crippen LogP contribution >= 0.6 is 24.0 Å². The van der Waals surface area contributed by atoms with Crippen LogP contribution in [-0.4, -0.2) is 18.5 Å². The monoisotopic (exact) mass is 379 g/mol. The Morgan fingerprint density at radius 2 is 2.05 bits per heavy atom. The quantitative estimate of drug-likeness (QED) is 0.480. The lowest BCUT2D eigenvalue weighted by molar-refractivity contribution is 0.529. The molecular weight excluding hydrogens is 356 g/mol. The van der Waals surface area contributed by atoms with Gasteiger partial charge < -0.3 is 11.1 Å². The van der Waals surface area contributed by atoms with Gasteiger partial charge in [0.1, 0.15) is 5.82 Å². The SMILES string of the molecule is CC(C)NC(N)=NCC(C)(C)c1cccc(F)c1.I. The fraction of sp³-hybridized carbons (Fsp3) is 0.500. The van der Waals surface area contributed by atoms with Crippen molar-refractivity contribution in [3.05, 3.63) is 35.6 Å². The largest absolute Gasteiger partial charge is 0.370 e. The van der Waals surface area contributed by atoms with Crippen molar-refractivity contribution in [2.24, 2.45) is 10.7 Å². The standard InChI is InChI=1S/C14H22FN3.HI/c1-10(2)18-13(16)17-9-14(3,4)11-6-5-7-12(15)8-11;/h5-8,10H,9H2,1-4H3,(H3,16,17,18);1H. The smallest absolute Gasteiger partial charge is 0.188 e. The topological polar surface area (TPSA) is 50.4 Å². The summed E-state index contributed by atoms with van der Waals surface area (Å²) in [7, 11) is 0. The Morgan fingerprint density at radius 3 is 2.58 bits per heavy atom. The molecule has 1 rings (SSSR count). The second-order valence-electron chi connectivity index (χ2n) is 5.39. The number of nitrogens with one attached hydrogen (secondary N) is 1. The number of aliphatic imine (C=N–C) groups is 1. The van der Waals surface area contributed by atoms with Crippen LogP contribution < -0.4 is 11.1 Å². The maximum atomic E-state index is 13.2. The van der Waals surface area contributed by atoms with Gasteiger partial charge in [0, 0.05) is 11.5 Å². The van der Waals surface area contributed by atoms with Crippen molar-refractivity contribution in [3.8, 4) is 0 Å². The first kappa shape index (κ1) is 18.1. The van der Waals surface area contributed by atoms with Gasteiger partial charge in [-0.1, -0.05) is 26.0 Å². The third kappa shape index (κ3) is 6.22. The summed E-state index contributed by atoms with van der Waals surface area (Å²) in [5, 5.41) is 3.03. The maximum absolute atomic E-state index is 13.2. The fourth-order valence-corrected chi connectivity index (χ4v) is 1.62. The highest BCUT2D eigenvalue weighted by Gasteiger charge is 2.20. The molecule has 0 saturated carbocycles. The van der Waals surface area contributed by atoms with Gasteiger partial charge in [0.2, 0.25) is 0 Å². The Hall–Kier alpha value is -0.850. The van der Waals surface area contributed by atoms with Crippen LogP contribution in [0.5, 0.6) is 0 Å². The van der Waals surface area contributed by atoms with Gasteiger partial charge in [-0.3, -0.25) is 4.99 Å². The molecule has 0 aliphatic rings. The predicted molar refractivity (Wildman–Crippen MR) is 89.6 cm³/mol. The number of hydrogen-bond acceptors (Lipinski definition) is 1. The molecule has 3 N–H and O–H groups in total. The molecule has 0 radical (unpaired) electrons. The molecule has 0 amide bonds. The summed E-state index contributed by atoms with van der Waals surface area (Å²) in [4.78, 5) is 4.30. The first-order chi connectivity index (χ1) is 8.31. The van der Waals surface area contributed by atoms with E-state index in [1.807, 2.05) is 33.8 Å². The molecule has 0 saturated heterocycles. The molecule has 0 heterocycles. The number of benzene rings is 1. The number of nitrogens with two attached hydrogens (primary N) is 1. The molecule has 0 aromatic heterocycles. The van der Waals surface area contributed by atoms with E-state index < -0.39 is 0 Å². The molecule has 0 fully saturated rings. The van der Waals surface area contributed by atoms with Crippen LogP contribution in [0.4, 0.5) is 4.39 Å². The van der Waals surface area contributed by atoms with E-state index in [1.165, 1.54) is 6.07 Å². The van der Waals surface area contributed by atoms with E-state index >= 15 is 0 Å². The van der Waals surface area contributed by atoms with Gasteiger partial charge in [-0.25, -0.2) is 4.39 Å². The van der Waals surface area contributed by atoms with E-state index in [4.69, 9.17) is 5.73 Å². The second-order valence-corrected chi connectivity index (χ2v) is 5.39. The summed E-state index contributed by atoms with van der Waals surface area (Å²) >= 11 is 0. The second kappa shape index (κ2) is 7.67. The minimum atomic E-state index is -0.245. The van der Waals surface area contributed by atoms with Crippen molar-refractivity contribution in [2.75, 3.05) is 6.54 Å². The van der Waals surface area contributed by atoms with Crippen molar-refractivity contribution < 1.29 is 4.39 Å². The normalized spacial score (nSPS) is 12.2. The Kier molecular flexibility index (Phi) is 7.33. The molecule has 0 spiro atoms. The van der Waals surface area contributed by atoms with Crippen LogP contribution in [0.25, 0.3) is 0 Å². The molecule has 19 heavy (non-hydrogen) atoms. The van der Waals surface area contributed by atoms with Crippen LogP contribution in [0.2, 0.25) is 0 Å². The van der Waals surface area contributed by atoms with Gasteiger partial charge in [-0.2, -0.15) is 0 Å². The molecule has 108 valence electrons. The summed E-state index contributed by atoms with van der Waals surface area (Å²) in [5.41, 5.74) is 6.43. The maximum Gasteiger partial charge on any atom is 0.188 e. The Labute approximate surface area is 131 Å². The van der Waals surface area contributed by atoms with Crippen LogP contribution in [0.3, 0.4) is 0 Å².